The Bertz CT molecular complexity index is 748. The predicted molar refractivity (Wildman–Crippen MR) is 83.2 cm³/mol. The molecule has 0 N–H and O–H groups in total. The van der Waals surface area contributed by atoms with Crippen molar-refractivity contribution in [2.24, 2.45) is 0 Å². The second kappa shape index (κ2) is 5.23. The van der Waals surface area contributed by atoms with Crippen LogP contribution < -0.4 is 0 Å². The molecule has 3 rings (SSSR count). The molecule has 5 heteroatoms. The minimum atomic E-state index is -2.77. The standard InChI is InChI=1S/C17H18F2N2O/c1-3-12-5-6-13-14(10-20(4-2)15(13)9-12)16(22)21-8-7-17(18,19)11-21/h3,5-6,9-10H,1,4,7-8,11H2,2H3. The summed E-state index contributed by atoms with van der Waals surface area (Å²) >= 11 is 0. The van der Waals surface area contributed by atoms with Crippen LogP contribution in [0, 0.1) is 0 Å². The second-order valence-electron chi connectivity index (χ2n) is 5.64. The maximum absolute atomic E-state index is 13.3. The number of amides is 1. The van der Waals surface area contributed by atoms with Gasteiger partial charge in [-0.25, -0.2) is 8.78 Å². The first-order valence-corrected chi connectivity index (χ1v) is 7.37. The van der Waals surface area contributed by atoms with Crippen LogP contribution in [0.3, 0.4) is 0 Å². The number of benzene rings is 1. The average Bonchev–Trinajstić information content (AvgIpc) is 3.05. The highest BCUT2D eigenvalue weighted by Crippen LogP contribution is 2.30. The number of likely N-dealkylation sites (tertiary alicyclic amines) is 1. The van der Waals surface area contributed by atoms with Crippen LogP contribution in [-0.4, -0.2) is 34.4 Å². The molecular formula is C17H18F2N2O. The van der Waals surface area contributed by atoms with Crippen LogP contribution in [0.5, 0.6) is 0 Å². The van der Waals surface area contributed by atoms with Gasteiger partial charge in [-0.3, -0.25) is 4.79 Å². The molecular weight excluding hydrogens is 286 g/mol. The van der Waals surface area contributed by atoms with Crippen LogP contribution in [0.4, 0.5) is 8.78 Å². The number of carbonyl (C=O) groups is 1. The summed E-state index contributed by atoms with van der Waals surface area (Å²) in [5, 5.41) is 0.799. The van der Waals surface area contributed by atoms with Crippen molar-refractivity contribution in [2.45, 2.75) is 25.8 Å². The molecule has 2 aromatic rings. The molecule has 1 saturated heterocycles. The molecule has 0 atom stereocenters. The first-order chi connectivity index (χ1) is 10.4. The van der Waals surface area contributed by atoms with Gasteiger partial charge < -0.3 is 9.47 Å². The van der Waals surface area contributed by atoms with Crippen LogP contribution in [-0.2, 0) is 6.54 Å². The number of hydrogen-bond donors (Lipinski definition) is 0. The fourth-order valence-electron chi connectivity index (χ4n) is 2.95. The Morgan fingerprint density at radius 2 is 2.23 bits per heavy atom. The lowest BCUT2D eigenvalue weighted by Gasteiger charge is -2.15. The molecule has 1 aliphatic rings. The van der Waals surface area contributed by atoms with Crippen molar-refractivity contribution < 1.29 is 13.6 Å². The third-order valence-electron chi connectivity index (χ3n) is 4.17. The van der Waals surface area contributed by atoms with E-state index >= 15 is 0 Å². The summed E-state index contributed by atoms with van der Waals surface area (Å²) in [6.45, 7) is 6.06. The number of aryl methyl sites for hydroxylation is 1. The van der Waals surface area contributed by atoms with Crippen molar-refractivity contribution in [1.29, 1.82) is 0 Å². The SMILES string of the molecule is C=Cc1ccc2c(C(=O)N3CCC(F)(F)C3)cn(CC)c2c1. The molecule has 0 spiro atoms. The highest BCUT2D eigenvalue weighted by molar-refractivity contribution is 6.07. The molecule has 1 amide bonds. The Morgan fingerprint density at radius 3 is 2.82 bits per heavy atom. The molecule has 0 saturated carbocycles. The first kappa shape index (κ1) is 14.8. The van der Waals surface area contributed by atoms with Crippen molar-refractivity contribution in [3.63, 3.8) is 0 Å². The summed E-state index contributed by atoms with van der Waals surface area (Å²) in [5.41, 5.74) is 2.38. The van der Waals surface area contributed by atoms with Crippen molar-refractivity contribution in [2.75, 3.05) is 13.1 Å². The van der Waals surface area contributed by atoms with Gasteiger partial charge in [-0.05, 0) is 18.6 Å². The Kier molecular flexibility index (Phi) is 3.51. The second-order valence-corrected chi connectivity index (χ2v) is 5.64. The van der Waals surface area contributed by atoms with Gasteiger partial charge in [0.15, 0.2) is 0 Å². The summed E-state index contributed by atoms with van der Waals surface area (Å²) in [5.74, 6) is -3.09. The predicted octanol–water partition coefficient (Wildman–Crippen LogP) is 3.79. The maximum atomic E-state index is 13.3. The highest BCUT2D eigenvalue weighted by atomic mass is 19.3. The van der Waals surface area contributed by atoms with E-state index < -0.39 is 12.5 Å². The number of carbonyl (C=O) groups excluding carboxylic acids is 1. The van der Waals surface area contributed by atoms with Crippen molar-refractivity contribution in [3.05, 3.63) is 42.1 Å². The topological polar surface area (TPSA) is 25.2 Å². The maximum Gasteiger partial charge on any atom is 0.267 e. The smallest absolute Gasteiger partial charge is 0.267 e. The van der Waals surface area contributed by atoms with Crippen LogP contribution in [0.1, 0.15) is 29.3 Å². The molecule has 0 unspecified atom stereocenters. The lowest BCUT2D eigenvalue weighted by Crippen LogP contribution is -2.31. The van der Waals surface area contributed by atoms with E-state index in [-0.39, 0.29) is 18.9 Å². The summed E-state index contributed by atoms with van der Waals surface area (Å²) in [7, 11) is 0. The monoisotopic (exact) mass is 304 g/mol. The quantitative estimate of drug-likeness (QED) is 0.847. The van der Waals surface area contributed by atoms with Gasteiger partial charge in [-0.1, -0.05) is 24.8 Å². The van der Waals surface area contributed by atoms with E-state index in [0.29, 0.717) is 12.1 Å². The Balaban J connectivity index is 2.04. The average molecular weight is 304 g/mol. The van der Waals surface area contributed by atoms with Gasteiger partial charge in [0.1, 0.15) is 0 Å². The van der Waals surface area contributed by atoms with Gasteiger partial charge in [0.2, 0.25) is 0 Å². The molecule has 1 aromatic carbocycles. The number of hydrogen-bond acceptors (Lipinski definition) is 1. The number of nitrogens with zero attached hydrogens (tertiary/aromatic N) is 2. The summed E-state index contributed by atoms with van der Waals surface area (Å²) in [6, 6.07) is 5.70. The zero-order valence-electron chi connectivity index (χ0n) is 12.5. The number of alkyl halides is 2. The van der Waals surface area contributed by atoms with Gasteiger partial charge >= 0.3 is 0 Å². The zero-order chi connectivity index (χ0) is 15.9. The zero-order valence-corrected chi connectivity index (χ0v) is 12.5. The van der Waals surface area contributed by atoms with Crippen LogP contribution in [0.2, 0.25) is 0 Å². The highest BCUT2D eigenvalue weighted by Gasteiger charge is 2.40. The summed E-state index contributed by atoms with van der Waals surface area (Å²) in [6.07, 6.45) is 3.25. The minimum Gasteiger partial charge on any atom is -0.347 e. The molecule has 3 nitrogen and oxygen atoms in total. The number of fused-ring (bicyclic) bond motifs is 1. The van der Waals surface area contributed by atoms with E-state index in [9.17, 15) is 13.6 Å². The van der Waals surface area contributed by atoms with Crippen molar-refractivity contribution in [1.82, 2.24) is 9.47 Å². The molecule has 116 valence electrons. The van der Waals surface area contributed by atoms with Gasteiger partial charge in [0.05, 0.1) is 12.1 Å². The van der Waals surface area contributed by atoms with Crippen LogP contribution in [0.15, 0.2) is 31.0 Å². The number of halogens is 2. The molecule has 1 aliphatic heterocycles. The van der Waals surface area contributed by atoms with Crippen molar-refractivity contribution in [3.8, 4) is 0 Å². The van der Waals surface area contributed by atoms with Gasteiger partial charge in [0.25, 0.3) is 11.8 Å². The fourth-order valence-corrected chi connectivity index (χ4v) is 2.95. The lowest BCUT2D eigenvalue weighted by atomic mass is 10.1. The Morgan fingerprint density at radius 1 is 1.45 bits per heavy atom. The first-order valence-electron chi connectivity index (χ1n) is 7.37. The molecule has 22 heavy (non-hydrogen) atoms. The van der Waals surface area contributed by atoms with Crippen molar-refractivity contribution >= 4 is 22.9 Å². The van der Waals surface area contributed by atoms with E-state index in [2.05, 4.69) is 6.58 Å². The Hall–Kier alpha value is -2.17. The number of aromatic nitrogens is 1. The van der Waals surface area contributed by atoms with E-state index in [4.69, 9.17) is 0 Å². The summed E-state index contributed by atoms with van der Waals surface area (Å²) in [4.78, 5) is 13.8. The van der Waals surface area contributed by atoms with Crippen LogP contribution >= 0.6 is 0 Å². The third-order valence-corrected chi connectivity index (χ3v) is 4.17. The molecule has 1 fully saturated rings. The molecule has 0 aliphatic carbocycles. The normalized spacial score (nSPS) is 17.1. The molecule has 0 bridgehead atoms. The summed E-state index contributed by atoms with van der Waals surface area (Å²) < 4.78 is 28.7. The largest absolute Gasteiger partial charge is 0.347 e. The van der Waals surface area contributed by atoms with E-state index in [1.807, 2.05) is 29.7 Å². The third kappa shape index (κ3) is 2.40. The molecule has 0 radical (unpaired) electrons. The van der Waals surface area contributed by atoms with E-state index in [1.165, 1.54) is 4.90 Å². The minimum absolute atomic E-state index is 0.107. The van der Waals surface area contributed by atoms with Crippen LogP contribution in [0.25, 0.3) is 17.0 Å². The van der Waals surface area contributed by atoms with E-state index in [1.54, 1.807) is 12.3 Å². The number of rotatable bonds is 3. The van der Waals surface area contributed by atoms with E-state index in [0.717, 1.165) is 16.5 Å². The van der Waals surface area contributed by atoms with Gasteiger partial charge in [-0.2, -0.15) is 0 Å². The molecule has 1 aromatic heterocycles. The molecule has 2 heterocycles. The Labute approximate surface area is 127 Å². The lowest BCUT2D eigenvalue weighted by molar-refractivity contribution is 0.0120. The fraction of sp³-hybridized carbons (Fsp3) is 0.353. The van der Waals surface area contributed by atoms with Gasteiger partial charge in [-0.15, -0.1) is 0 Å². The van der Waals surface area contributed by atoms with Gasteiger partial charge in [0, 0.05) is 36.6 Å².